The first-order chi connectivity index (χ1) is 9.25. The summed E-state index contributed by atoms with van der Waals surface area (Å²) in [6.45, 7) is 1.81. The van der Waals surface area contributed by atoms with Gasteiger partial charge in [-0.25, -0.2) is 12.7 Å². The molecule has 0 fully saturated rings. The molecule has 0 radical (unpaired) electrons. The van der Waals surface area contributed by atoms with Gasteiger partial charge >= 0.3 is 0 Å². The predicted molar refractivity (Wildman–Crippen MR) is 74.5 cm³/mol. The highest BCUT2D eigenvalue weighted by atomic mass is 32.2. The third-order valence-electron chi connectivity index (χ3n) is 3.34. The number of ether oxygens (including phenoxy) is 1. The number of ketones is 1. The quantitative estimate of drug-likeness (QED) is 0.850. The van der Waals surface area contributed by atoms with Gasteiger partial charge in [0.15, 0.2) is 5.78 Å². The largest absolute Gasteiger partial charge is 0.490 e. The molecule has 1 heterocycles. The van der Waals surface area contributed by atoms with Crippen LogP contribution in [0.3, 0.4) is 0 Å². The van der Waals surface area contributed by atoms with E-state index in [1.165, 1.54) is 38.6 Å². The lowest BCUT2D eigenvalue weighted by molar-refractivity contribution is -0.122. The van der Waals surface area contributed by atoms with Crippen molar-refractivity contribution in [2.24, 2.45) is 0 Å². The van der Waals surface area contributed by atoms with Gasteiger partial charge < -0.3 is 4.74 Å². The Hall–Kier alpha value is -1.66. The van der Waals surface area contributed by atoms with Gasteiger partial charge in [0.2, 0.25) is 10.0 Å². The number of hydrogen-bond acceptors (Lipinski definition) is 4. The minimum atomic E-state index is -3.44. The van der Waals surface area contributed by atoms with Gasteiger partial charge in [-0.15, -0.1) is 0 Å². The van der Waals surface area contributed by atoms with Gasteiger partial charge in [-0.05, 0) is 24.6 Å². The second-order valence-corrected chi connectivity index (χ2v) is 7.26. The summed E-state index contributed by atoms with van der Waals surface area (Å²) < 4.78 is 30.7. The van der Waals surface area contributed by atoms with Gasteiger partial charge in [-0.3, -0.25) is 4.79 Å². The Morgan fingerprint density at radius 2 is 1.80 bits per heavy atom. The zero-order valence-corrected chi connectivity index (χ0v) is 12.5. The smallest absolute Gasteiger partial charge is 0.242 e. The van der Waals surface area contributed by atoms with Crippen LogP contribution >= 0.6 is 0 Å². The van der Waals surface area contributed by atoms with Gasteiger partial charge in [-0.1, -0.05) is 12.1 Å². The van der Waals surface area contributed by atoms with E-state index >= 15 is 0 Å². The van der Waals surface area contributed by atoms with Crippen LogP contribution in [0.4, 0.5) is 0 Å². The van der Waals surface area contributed by atoms with Crippen molar-refractivity contribution >= 4 is 15.8 Å². The van der Waals surface area contributed by atoms with Crippen molar-refractivity contribution in [3.63, 3.8) is 0 Å². The Morgan fingerprint density at radius 1 is 1.20 bits per heavy atom. The van der Waals surface area contributed by atoms with E-state index in [9.17, 15) is 13.2 Å². The molecule has 1 aliphatic heterocycles. The molecule has 0 N–H and O–H groups in total. The fourth-order valence-corrected chi connectivity index (χ4v) is 2.96. The average Bonchev–Trinajstić information content (AvgIpc) is 2.38. The van der Waals surface area contributed by atoms with Crippen LogP contribution in [-0.2, 0) is 25.2 Å². The number of rotatable bonds is 3. The highest BCUT2D eigenvalue weighted by Crippen LogP contribution is 2.33. The standard InChI is InChI=1S/C14H17NO4S/c1-14(10-12(16)8-9-19-14)11-4-6-13(7-5-11)20(17,18)15(2)3/h4-9H,10H2,1-3H3. The van der Waals surface area contributed by atoms with Crippen molar-refractivity contribution in [2.45, 2.75) is 23.8 Å². The summed E-state index contributed by atoms with van der Waals surface area (Å²) in [7, 11) is -0.475. The van der Waals surface area contributed by atoms with E-state index in [0.717, 1.165) is 9.87 Å². The molecule has 0 bridgehead atoms. The fraction of sp³-hybridized carbons (Fsp3) is 0.357. The molecule has 6 heteroatoms. The van der Waals surface area contributed by atoms with Crippen LogP contribution in [0.5, 0.6) is 0 Å². The highest BCUT2D eigenvalue weighted by molar-refractivity contribution is 7.89. The predicted octanol–water partition coefficient (Wildman–Crippen LogP) is 1.66. The molecule has 0 saturated heterocycles. The normalized spacial score (nSPS) is 22.9. The van der Waals surface area contributed by atoms with Crippen molar-refractivity contribution in [1.29, 1.82) is 0 Å². The molecular formula is C14H17NO4S. The van der Waals surface area contributed by atoms with Crippen LogP contribution < -0.4 is 0 Å². The van der Waals surface area contributed by atoms with E-state index in [1.807, 2.05) is 6.92 Å². The van der Waals surface area contributed by atoms with E-state index in [0.29, 0.717) is 0 Å². The lowest BCUT2D eigenvalue weighted by Gasteiger charge is -2.31. The summed E-state index contributed by atoms with van der Waals surface area (Å²) in [5.74, 6) is -0.0104. The molecule has 1 atom stereocenters. The summed E-state index contributed by atoms with van der Waals surface area (Å²) in [5.41, 5.74) is 0.0274. The Balaban J connectivity index is 2.34. The molecule has 1 aromatic rings. The van der Waals surface area contributed by atoms with Crippen molar-refractivity contribution < 1.29 is 17.9 Å². The molecular weight excluding hydrogens is 278 g/mol. The first-order valence-electron chi connectivity index (χ1n) is 6.16. The second-order valence-electron chi connectivity index (χ2n) is 5.11. The van der Waals surface area contributed by atoms with Crippen molar-refractivity contribution in [3.8, 4) is 0 Å². The summed E-state index contributed by atoms with van der Waals surface area (Å²) in [4.78, 5) is 11.7. The number of sulfonamides is 1. The van der Waals surface area contributed by atoms with E-state index in [-0.39, 0.29) is 17.1 Å². The molecule has 0 aromatic heterocycles. The maximum Gasteiger partial charge on any atom is 0.242 e. The van der Waals surface area contributed by atoms with Crippen LogP contribution in [0, 0.1) is 0 Å². The van der Waals surface area contributed by atoms with E-state index in [1.54, 1.807) is 12.1 Å². The molecule has 0 amide bonds. The first kappa shape index (κ1) is 14.7. The van der Waals surface area contributed by atoms with Crippen LogP contribution in [-0.4, -0.2) is 32.6 Å². The van der Waals surface area contributed by atoms with Gasteiger partial charge in [0.25, 0.3) is 0 Å². The molecule has 0 saturated carbocycles. The van der Waals surface area contributed by atoms with E-state index in [2.05, 4.69) is 0 Å². The average molecular weight is 295 g/mol. The van der Waals surface area contributed by atoms with Gasteiger partial charge in [0.1, 0.15) is 5.60 Å². The second kappa shape index (κ2) is 5.03. The van der Waals surface area contributed by atoms with Gasteiger partial charge in [-0.2, -0.15) is 0 Å². The third kappa shape index (κ3) is 2.62. The minimum Gasteiger partial charge on any atom is -0.490 e. The molecule has 108 valence electrons. The summed E-state index contributed by atoms with van der Waals surface area (Å²) in [6.07, 6.45) is 3.02. The number of benzene rings is 1. The van der Waals surface area contributed by atoms with Crippen molar-refractivity contribution in [2.75, 3.05) is 14.1 Å². The van der Waals surface area contributed by atoms with Crippen molar-refractivity contribution in [1.82, 2.24) is 4.31 Å². The molecule has 1 aliphatic rings. The number of carbonyl (C=O) groups excluding carboxylic acids is 1. The van der Waals surface area contributed by atoms with Crippen LogP contribution in [0.25, 0.3) is 0 Å². The minimum absolute atomic E-state index is 0.0104. The number of allylic oxidation sites excluding steroid dienone is 1. The molecule has 2 rings (SSSR count). The Labute approximate surface area is 118 Å². The topological polar surface area (TPSA) is 63.7 Å². The van der Waals surface area contributed by atoms with E-state index < -0.39 is 15.6 Å². The SMILES string of the molecule is CN(C)S(=O)(=O)c1ccc(C2(C)CC(=O)C=CO2)cc1. The zero-order chi connectivity index (χ0) is 15.0. The van der Waals surface area contributed by atoms with Crippen LogP contribution in [0.2, 0.25) is 0 Å². The molecule has 0 aliphatic carbocycles. The summed E-state index contributed by atoms with van der Waals surface area (Å²) in [5, 5.41) is 0. The lowest BCUT2D eigenvalue weighted by Crippen LogP contribution is -2.30. The van der Waals surface area contributed by atoms with E-state index in [4.69, 9.17) is 4.74 Å². The molecule has 0 spiro atoms. The highest BCUT2D eigenvalue weighted by Gasteiger charge is 2.32. The Kier molecular flexibility index (Phi) is 3.71. The third-order valence-corrected chi connectivity index (χ3v) is 5.17. The van der Waals surface area contributed by atoms with Crippen LogP contribution in [0.15, 0.2) is 41.5 Å². The summed E-state index contributed by atoms with van der Waals surface area (Å²) >= 11 is 0. The van der Waals surface area contributed by atoms with Gasteiger partial charge in [0, 0.05) is 20.2 Å². The van der Waals surface area contributed by atoms with Gasteiger partial charge in [0.05, 0.1) is 17.6 Å². The molecule has 1 aromatic carbocycles. The monoisotopic (exact) mass is 295 g/mol. The Bertz CT molecular complexity index is 646. The molecule has 5 nitrogen and oxygen atoms in total. The number of nitrogens with zero attached hydrogens (tertiary/aromatic N) is 1. The molecule has 20 heavy (non-hydrogen) atoms. The fourth-order valence-electron chi connectivity index (χ4n) is 2.05. The maximum atomic E-state index is 12.0. The number of hydrogen-bond donors (Lipinski definition) is 0. The lowest BCUT2D eigenvalue weighted by atomic mass is 9.89. The van der Waals surface area contributed by atoms with Crippen molar-refractivity contribution in [3.05, 3.63) is 42.2 Å². The summed E-state index contributed by atoms with van der Waals surface area (Å²) in [6, 6.07) is 6.43. The molecule has 1 unspecified atom stereocenters. The zero-order valence-electron chi connectivity index (χ0n) is 11.7. The maximum absolute atomic E-state index is 12.0. The number of carbonyl (C=O) groups is 1. The Morgan fingerprint density at radius 3 is 2.30 bits per heavy atom. The first-order valence-corrected chi connectivity index (χ1v) is 7.60. The van der Waals surface area contributed by atoms with Crippen LogP contribution in [0.1, 0.15) is 18.9 Å².